The topological polar surface area (TPSA) is 28.2 Å². The van der Waals surface area contributed by atoms with Gasteiger partial charge in [-0.25, -0.2) is 4.98 Å². The molecule has 2 heterocycles. The number of thiophene rings is 1. The summed E-state index contributed by atoms with van der Waals surface area (Å²) in [5.74, 6) is 0. The van der Waals surface area contributed by atoms with Crippen LogP contribution in [0, 0.1) is 6.92 Å². The molecule has 0 bridgehead atoms. The Kier molecular flexibility index (Phi) is 4.88. The average Bonchev–Trinajstić information content (AvgIpc) is 2.95. The van der Waals surface area contributed by atoms with Crippen LogP contribution in [0.4, 0.5) is 0 Å². The Morgan fingerprint density at radius 3 is 2.78 bits per heavy atom. The molecule has 2 aromatic heterocycles. The van der Waals surface area contributed by atoms with E-state index in [4.69, 9.17) is 0 Å². The van der Waals surface area contributed by atoms with E-state index >= 15 is 0 Å². The van der Waals surface area contributed by atoms with Crippen LogP contribution >= 0.6 is 22.7 Å². The molecule has 1 unspecified atom stereocenters. The fourth-order valence-corrected chi connectivity index (χ4v) is 3.38. The summed E-state index contributed by atoms with van der Waals surface area (Å²) in [5.41, 5.74) is 1.14. The van der Waals surface area contributed by atoms with Gasteiger partial charge in [0.25, 0.3) is 0 Å². The van der Waals surface area contributed by atoms with Gasteiger partial charge in [-0.1, -0.05) is 6.07 Å². The molecule has 0 amide bonds. The number of aryl methyl sites for hydroxylation is 1. The quantitative estimate of drug-likeness (QED) is 0.882. The van der Waals surface area contributed by atoms with Crippen LogP contribution in [-0.4, -0.2) is 30.5 Å². The smallest absolute Gasteiger partial charge is 0.0897 e. The Morgan fingerprint density at radius 1 is 1.39 bits per heavy atom. The van der Waals surface area contributed by atoms with Crippen LogP contribution < -0.4 is 5.32 Å². The van der Waals surface area contributed by atoms with E-state index in [1.54, 1.807) is 11.3 Å². The number of thiazole rings is 1. The van der Waals surface area contributed by atoms with Crippen molar-refractivity contribution in [3.05, 3.63) is 38.5 Å². The van der Waals surface area contributed by atoms with E-state index in [0.29, 0.717) is 6.04 Å². The zero-order valence-corrected chi connectivity index (χ0v) is 12.6. The molecule has 18 heavy (non-hydrogen) atoms. The lowest BCUT2D eigenvalue weighted by Crippen LogP contribution is -2.30. The molecular formula is C13H19N3S2. The predicted molar refractivity (Wildman–Crippen MR) is 79.3 cm³/mol. The monoisotopic (exact) mass is 281 g/mol. The number of nitrogens with one attached hydrogen (secondary N) is 1. The number of likely N-dealkylation sites (N-methyl/N-ethyl adjacent to an activating group) is 1. The molecular weight excluding hydrogens is 262 g/mol. The Labute approximate surface area is 116 Å². The van der Waals surface area contributed by atoms with Crippen molar-refractivity contribution in [2.24, 2.45) is 0 Å². The standard InChI is InChI=1S/C13H19N3S2/c1-10-15-11(9-18-10)7-14-8-12(16(2)3)13-5-4-6-17-13/h4-6,9,12,14H,7-8H2,1-3H3. The molecule has 0 aliphatic rings. The summed E-state index contributed by atoms with van der Waals surface area (Å²) in [6.07, 6.45) is 0. The van der Waals surface area contributed by atoms with Crippen molar-refractivity contribution in [3.63, 3.8) is 0 Å². The molecule has 2 aromatic rings. The number of hydrogen-bond acceptors (Lipinski definition) is 5. The van der Waals surface area contributed by atoms with Crippen LogP contribution in [0.2, 0.25) is 0 Å². The molecule has 0 saturated carbocycles. The molecule has 0 radical (unpaired) electrons. The number of aromatic nitrogens is 1. The van der Waals surface area contributed by atoms with Gasteiger partial charge in [0, 0.05) is 23.3 Å². The zero-order valence-electron chi connectivity index (χ0n) is 11.0. The zero-order chi connectivity index (χ0) is 13.0. The van der Waals surface area contributed by atoms with Gasteiger partial charge in [0.15, 0.2) is 0 Å². The van der Waals surface area contributed by atoms with Crippen molar-refractivity contribution in [3.8, 4) is 0 Å². The predicted octanol–water partition coefficient (Wildman–Crippen LogP) is 2.91. The molecule has 1 atom stereocenters. The molecule has 3 nitrogen and oxygen atoms in total. The second kappa shape index (κ2) is 6.43. The van der Waals surface area contributed by atoms with E-state index < -0.39 is 0 Å². The van der Waals surface area contributed by atoms with E-state index in [-0.39, 0.29) is 0 Å². The Bertz CT molecular complexity index is 462. The van der Waals surface area contributed by atoms with Crippen LogP contribution in [0.3, 0.4) is 0 Å². The summed E-state index contributed by atoms with van der Waals surface area (Å²) >= 11 is 3.52. The van der Waals surface area contributed by atoms with Gasteiger partial charge in [0.05, 0.1) is 16.7 Å². The first-order valence-electron chi connectivity index (χ1n) is 5.98. The largest absolute Gasteiger partial charge is 0.309 e. The van der Waals surface area contributed by atoms with Crippen LogP contribution in [0.25, 0.3) is 0 Å². The summed E-state index contributed by atoms with van der Waals surface area (Å²) in [4.78, 5) is 8.12. The Morgan fingerprint density at radius 2 is 2.22 bits per heavy atom. The fourth-order valence-electron chi connectivity index (χ4n) is 1.84. The molecule has 0 fully saturated rings. The first-order chi connectivity index (χ1) is 8.66. The molecule has 2 rings (SSSR count). The van der Waals surface area contributed by atoms with Gasteiger partial charge in [0.2, 0.25) is 0 Å². The Hall–Kier alpha value is -0.750. The minimum atomic E-state index is 0.435. The van der Waals surface area contributed by atoms with Crippen LogP contribution in [0.15, 0.2) is 22.9 Å². The first-order valence-corrected chi connectivity index (χ1v) is 7.74. The van der Waals surface area contributed by atoms with Gasteiger partial charge >= 0.3 is 0 Å². The lowest BCUT2D eigenvalue weighted by atomic mass is 10.2. The van der Waals surface area contributed by atoms with Gasteiger partial charge in [0.1, 0.15) is 0 Å². The van der Waals surface area contributed by atoms with Crippen LogP contribution in [0.1, 0.15) is 21.6 Å². The molecule has 0 saturated heterocycles. The van der Waals surface area contributed by atoms with Gasteiger partial charge in [-0.2, -0.15) is 0 Å². The summed E-state index contributed by atoms with van der Waals surface area (Å²) < 4.78 is 0. The molecule has 5 heteroatoms. The highest BCUT2D eigenvalue weighted by molar-refractivity contribution is 7.10. The fraction of sp³-hybridized carbons (Fsp3) is 0.462. The second-order valence-corrected chi connectivity index (χ2v) is 6.53. The van der Waals surface area contributed by atoms with Gasteiger partial charge in [-0.05, 0) is 32.5 Å². The van der Waals surface area contributed by atoms with Crippen molar-refractivity contribution < 1.29 is 0 Å². The maximum atomic E-state index is 4.46. The molecule has 1 N–H and O–H groups in total. The SMILES string of the molecule is Cc1nc(CNCC(c2cccs2)N(C)C)cs1. The Balaban J connectivity index is 1.87. The molecule has 0 spiro atoms. The highest BCUT2D eigenvalue weighted by atomic mass is 32.1. The maximum Gasteiger partial charge on any atom is 0.0897 e. The van der Waals surface area contributed by atoms with Crippen molar-refractivity contribution >= 4 is 22.7 Å². The van der Waals surface area contributed by atoms with Crippen LogP contribution in [0.5, 0.6) is 0 Å². The maximum absolute atomic E-state index is 4.46. The third-order valence-corrected chi connectivity index (χ3v) is 4.60. The van der Waals surface area contributed by atoms with E-state index in [1.165, 1.54) is 4.88 Å². The van der Waals surface area contributed by atoms with Crippen molar-refractivity contribution in [1.29, 1.82) is 0 Å². The summed E-state index contributed by atoms with van der Waals surface area (Å²) in [7, 11) is 4.25. The highest BCUT2D eigenvalue weighted by Gasteiger charge is 2.14. The average molecular weight is 281 g/mol. The van der Waals surface area contributed by atoms with Crippen LogP contribution in [-0.2, 0) is 6.54 Å². The normalized spacial score (nSPS) is 13.1. The van der Waals surface area contributed by atoms with Gasteiger partial charge in [-0.15, -0.1) is 22.7 Å². The number of hydrogen-bond donors (Lipinski definition) is 1. The minimum absolute atomic E-state index is 0.435. The van der Waals surface area contributed by atoms with Gasteiger partial charge in [-0.3, -0.25) is 0 Å². The lowest BCUT2D eigenvalue weighted by Gasteiger charge is -2.23. The molecule has 0 aromatic carbocycles. The van der Waals surface area contributed by atoms with E-state index in [1.807, 2.05) is 18.3 Å². The first kappa shape index (κ1) is 13.7. The summed E-state index contributed by atoms with van der Waals surface area (Å²) in [5, 5.41) is 8.89. The van der Waals surface area contributed by atoms with E-state index in [2.05, 4.69) is 52.2 Å². The van der Waals surface area contributed by atoms with Crippen molar-refractivity contribution in [2.45, 2.75) is 19.5 Å². The number of rotatable bonds is 6. The molecule has 0 aliphatic heterocycles. The van der Waals surface area contributed by atoms with E-state index in [9.17, 15) is 0 Å². The second-order valence-electron chi connectivity index (χ2n) is 4.48. The highest BCUT2D eigenvalue weighted by Crippen LogP contribution is 2.22. The third kappa shape index (κ3) is 3.62. The summed E-state index contributed by atoms with van der Waals surface area (Å²) in [6, 6.07) is 4.74. The van der Waals surface area contributed by atoms with Crippen molar-refractivity contribution in [2.75, 3.05) is 20.6 Å². The molecule has 98 valence electrons. The third-order valence-electron chi connectivity index (χ3n) is 2.81. The number of nitrogens with zero attached hydrogens (tertiary/aromatic N) is 2. The van der Waals surface area contributed by atoms with E-state index in [0.717, 1.165) is 23.8 Å². The summed E-state index contributed by atoms with van der Waals surface area (Å²) in [6.45, 7) is 3.84. The van der Waals surface area contributed by atoms with Gasteiger partial charge < -0.3 is 10.2 Å². The van der Waals surface area contributed by atoms with Crippen molar-refractivity contribution in [1.82, 2.24) is 15.2 Å². The minimum Gasteiger partial charge on any atom is -0.309 e. The molecule has 0 aliphatic carbocycles. The lowest BCUT2D eigenvalue weighted by molar-refractivity contribution is 0.292.